The molecule has 4 aromatic rings. The minimum Gasteiger partial charge on any atom is -0.508 e. The number of amides is 10. The number of aliphatic carboxylic acids is 2. The van der Waals surface area contributed by atoms with Gasteiger partial charge in [0.05, 0.1) is 25.1 Å². The first-order chi connectivity index (χ1) is 45.1. The number of benzene rings is 2. The second kappa shape index (κ2) is 37.7. The second-order valence-electron chi connectivity index (χ2n) is 24.3. The highest BCUT2D eigenvalue weighted by Gasteiger charge is 2.41. The van der Waals surface area contributed by atoms with Crippen molar-refractivity contribution in [2.75, 3.05) is 18.1 Å². The number of imidazole rings is 2. The van der Waals surface area contributed by atoms with Crippen LogP contribution in [0.3, 0.4) is 0 Å². The largest absolute Gasteiger partial charge is 0.508 e. The number of H-pyrrole nitrogens is 2. The molecule has 16 N–H and O–H groups in total. The topological polar surface area (TPSA) is 460 Å². The Bertz CT molecular complexity index is 3230. The van der Waals surface area contributed by atoms with Gasteiger partial charge in [0.2, 0.25) is 59.1 Å². The van der Waals surface area contributed by atoms with Crippen LogP contribution in [0.1, 0.15) is 103 Å². The summed E-state index contributed by atoms with van der Waals surface area (Å²) in [5.41, 5.74) is 8.29. The number of hydrogen-bond donors (Lipinski definition) is 17. The van der Waals surface area contributed by atoms with Crippen molar-refractivity contribution in [2.45, 2.75) is 172 Å². The molecule has 0 radical (unpaired) electrons. The van der Waals surface area contributed by atoms with E-state index in [9.17, 15) is 72.9 Å². The van der Waals surface area contributed by atoms with E-state index in [4.69, 9.17) is 5.73 Å². The summed E-state index contributed by atoms with van der Waals surface area (Å²) < 4.78 is 0. The van der Waals surface area contributed by atoms with E-state index in [2.05, 4.69) is 93.0 Å². The van der Waals surface area contributed by atoms with Crippen LogP contribution in [0.2, 0.25) is 0 Å². The molecular formula is C63H89N15O15S2. The molecule has 1 aliphatic heterocycles. The van der Waals surface area contributed by atoms with Crippen molar-refractivity contribution in [1.29, 1.82) is 0 Å². The van der Waals surface area contributed by atoms with Crippen LogP contribution in [0.4, 0.5) is 0 Å². The molecule has 1 fully saturated rings. The van der Waals surface area contributed by atoms with Gasteiger partial charge in [0.15, 0.2) is 0 Å². The quantitative estimate of drug-likeness (QED) is 0.0248. The van der Waals surface area contributed by atoms with Gasteiger partial charge in [-0.2, -0.15) is 25.3 Å². The zero-order chi connectivity index (χ0) is 70.1. The fraction of sp³-hybridized carbons (Fsp3) is 0.524. The third kappa shape index (κ3) is 24.4. The maximum Gasteiger partial charge on any atom is 0.326 e. The van der Waals surface area contributed by atoms with Gasteiger partial charge in [-0.15, -0.1) is 0 Å². The fourth-order valence-corrected chi connectivity index (χ4v) is 11.0. The Balaban J connectivity index is 1.32. The van der Waals surface area contributed by atoms with E-state index in [-0.39, 0.29) is 80.6 Å². The molecule has 2 aromatic heterocycles. The average molecular weight is 1360 g/mol. The molecule has 1 aliphatic rings. The van der Waals surface area contributed by atoms with Gasteiger partial charge in [0.25, 0.3) is 0 Å². The van der Waals surface area contributed by atoms with Crippen molar-refractivity contribution in [3.63, 3.8) is 0 Å². The van der Waals surface area contributed by atoms with Crippen LogP contribution in [-0.2, 0) is 83.2 Å². The minimum absolute atomic E-state index is 0.0295. The lowest BCUT2D eigenvalue weighted by Crippen LogP contribution is -2.61. The van der Waals surface area contributed by atoms with Crippen molar-refractivity contribution in [3.8, 4) is 5.75 Å². The summed E-state index contributed by atoms with van der Waals surface area (Å²) in [6, 6.07) is -0.767. The Morgan fingerprint density at radius 3 is 1.55 bits per heavy atom. The lowest BCUT2D eigenvalue weighted by atomic mass is 9.96. The van der Waals surface area contributed by atoms with Crippen molar-refractivity contribution in [1.82, 2.24) is 72.7 Å². The third-order valence-electron chi connectivity index (χ3n) is 15.8. The molecule has 32 heteroatoms. The number of carbonyl (C=O) groups is 12. The number of nitrogens with two attached hydrogens (primary N) is 1. The van der Waals surface area contributed by atoms with Gasteiger partial charge < -0.3 is 83.8 Å². The minimum atomic E-state index is -1.91. The summed E-state index contributed by atoms with van der Waals surface area (Å²) in [5, 5.41) is 53.2. The maximum atomic E-state index is 14.5. The number of rotatable bonds is 38. The van der Waals surface area contributed by atoms with Crippen LogP contribution in [0, 0.1) is 17.8 Å². The van der Waals surface area contributed by atoms with Crippen LogP contribution in [0.5, 0.6) is 5.75 Å². The predicted molar refractivity (Wildman–Crippen MR) is 353 cm³/mol. The number of aromatic hydroxyl groups is 1. The summed E-state index contributed by atoms with van der Waals surface area (Å²) in [5.74, 6) is -13.2. The van der Waals surface area contributed by atoms with Gasteiger partial charge >= 0.3 is 11.9 Å². The zero-order valence-corrected chi connectivity index (χ0v) is 55.6. The van der Waals surface area contributed by atoms with E-state index in [1.54, 1.807) is 65.8 Å². The number of likely N-dealkylation sites (tertiary alicyclic amines) is 1. The standard InChI is InChI=1S/C63H89N15O15S2/c1-7-35(6)52(61(90)74-47(63(92)93)21-34(4)5)77-58(87)45(25-39-28-66-32-68-39)71-59(88)48(29-94)75-54(83)42(20-33(2)3)70-57(86)46(26-51(80)81)72-55(84)43(23-37-15-17-40(79)18-16-37)73-60(89)50-14-11-19-78(50)62(91)49(30-95)76-56(85)44(24-38-27-65-31-67-38)69-53(82)41(64)22-36-12-9-8-10-13-36/h8-10,12-13,15-18,27-28,31-35,41-50,52,79,94-95H,7,11,14,19-26,29-30,64H2,1-6H3,(H,65,67)(H,66,68)(H,69,82)(H,70,86)(H,71,88)(H,72,84)(H,73,89)(H,74,90)(H,75,83)(H,76,85)(H,77,87)(H,80,81)(H,92,93)/t35-,41-,42-,43-,44-,45-,46-,47-,48-,49-,50-,52-/m0/s1. The molecule has 1 saturated heterocycles. The van der Waals surface area contributed by atoms with Gasteiger partial charge in [-0.25, -0.2) is 14.8 Å². The molecule has 0 bridgehead atoms. The maximum absolute atomic E-state index is 14.5. The molecule has 0 spiro atoms. The zero-order valence-electron chi connectivity index (χ0n) is 53.8. The SMILES string of the molecule is CC[C@H](C)[C@H](NC(=O)[C@H](Cc1cnc[nH]1)NC(=O)[C@H](CS)NC(=O)[C@H](CC(C)C)NC(=O)[C@H](CC(=O)O)NC(=O)[C@H](Cc1ccc(O)cc1)NC(=O)[C@@H]1CCCN1C(=O)[C@H](CS)NC(=O)[C@H](Cc1cnc[nH]1)NC(=O)[C@@H](N)Cc1ccccc1)C(=O)N[C@@H](CC(C)C)C(=O)O. The molecule has 12 atom stereocenters. The summed E-state index contributed by atoms with van der Waals surface area (Å²) in [6.07, 6.45) is 4.91. The summed E-state index contributed by atoms with van der Waals surface area (Å²) in [6.45, 7) is 10.5. The van der Waals surface area contributed by atoms with Gasteiger partial charge in [0.1, 0.15) is 66.2 Å². The molecule has 5 rings (SSSR count). The molecule has 0 saturated carbocycles. The number of hydrogen-bond acceptors (Lipinski definition) is 18. The highest BCUT2D eigenvalue weighted by Crippen LogP contribution is 2.21. The van der Waals surface area contributed by atoms with E-state index >= 15 is 0 Å². The van der Waals surface area contributed by atoms with E-state index in [0.29, 0.717) is 29.8 Å². The van der Waals surface area contributed by atoms with Crippen molar-refractivity contribution < 1.29 is 72.9 Å². The number of aromatic nitrogens is 4. The van der Waals surface area contributed by atoms with Crippen molar-refractivity contribution in [3.05, 3.63) is 102 Å². The number of thiol groups is 2. The van der Waals surface area contributed by atoms with E-state index in [1.807, 2.05) is 6.07 Å². The highest BCUT2D eigenvalue weighted by molar-refractivity contribution is 7.80. The average Bonchev–Trinajstić information content (AvgIpc) is 1.81. The summed E-state index contributed by atoms with van der Waals surface area (Å²) in [7, 11) is 0. The number of nitrogens with zero attached hydrogens (tertiary/aromatic N) is 3. The lowest BCUT2D eigenvalue weighted by Gasteiger charge is -2.30. The fourth-order valence-electron chi connectivity index (χ4n) is 10.5. The number of phenolic OH excluding ortho intramolecular Hbond substituents is 1. The Hall–Kier alpha value is -9.04. The van der Waals surface area contributed by atoms with Crippen molar-refractivity contribution in [2.24, 2.45) is 23.5 Å². The number of aromatic amines is 2. The molecule has 0 aliphatic carbocycles. The molecular weight excluding hydrogens is 1270 g/mol. The van der Waals surface area contributed by atoms with Crippen LogP contribution < -0.4 is 53.6 Å². The van der Waals surface area contributed by atoms with E-state index < -0.39 is 150 Å². The van der Waals surface area contributed by atoms with Crippen LogP contribution in [0.15, 0.2) is 79.6 Å². The monoisotopic (exact) mass is 1360 g/mol. The number of carboxylic acids is 2. The molecule has 518 valence electrons. The summed E-state index contributed by atoms with van der Waals surface area (Å²) in [4.78, 5) is 181. The number of carboxylic acid groups (broad SMARTS) is 2. The Kier molecular flexibility index (Phi) is 30.5. The smallest absolute Gasteiger partial charge is 0.326 e. The molecule has 3 heterocycles. The normalized spacial score (nSPS) is 16.4. The molecule has 10 amide bonds. The van der Waals surface area contributed by atoms with Gasteiger partial charge in [-0.05, 0) is 73.1 Å². The van der Waals surface area contributed by atoms with Crippen LogP contribution in [0.25, 0.3) is 0 Å². The lowest BCUT2D eigenvalue weighted by molar-refractivity contribution is -0.143. The van der Waals surface area contributed by atoms with Gasteiger partial charge in [0, 0.05) is 61.1 Å². The first-order valence-corrected chi connectivity index (χ1v) is 32.6. The summed E-state index contributed by atoms with van der Waals surface area (Å²) >= 11 is 8.67. The van der Waals surface area contributed by atoms with Crippen LogP contribution in [-0.4, -0.2) is 196 Å². The third-order valence-corrected chi connectivity index (χ3v) is 16.5. The predicted octanol–water partition coefficient (Wildman–Crippen LogP) is -0.652. The number of carbonyl (C=O) groups excluding carboxylic acids is 10. The van der Waals surface area contributed by atoms with E-state index in [0.717, 1.165) is 5.56 Å². The van der Waals surface area contributed by atoms with Gasteiger partial charge in [-0.1, -0.05) is 90.4 Å². The van der Waals surface area contributed by atoms with Gasteiger partial charge in [-0.3, -0.25) is 52.7 Å². The van der Waals surface area contributed by atoms with E-state index in [1.165, 1.54) is 54.2 Å². The first-order valence-electron chi connectivity index (χ1n) is 31.3. The highest BCUT2D eigenvalue weighted by atomic mass is 32.1. The Morgan fingerprint density at radius 1 is 0.558 bits per heavy atom. The molecule has 2 aromatic carbocycles. The number of phenols is 1. The number of nitrogens with one attached hydrogen (secondary N) is 11. The second-order valence-corrected chi connectivity index (χ2v) is 25.1. The molecule has 95 heavy (non-hydrogen) atoms. The Labute approximate surface area is 561 Å². The molecule has 30 nitrogen and oxygen atoms in total. The molecule has 0 unspecified atom stereocenters. The van der Waals surface area contributed by atoms with Crippen molar-refractivity contribution >= 4 is 96.3 Å². The van der Waals surface area contributed by atoms with Crippen LogP contribution >= 0.6 is 25.3 Å². The first kappa shape index (κ1) is 76.7. The Morgan fingerprint density at radius 2 is 1.02 bits per heavy atom.